The first-order chi connectivity index (χ1) is 10.2. The van der Waals surface area contributed by atoms with Crippen LogP contribution in [0.4, 0.5) is 13.2 Å². The summed E-state index contributed by atoms with van der Waals surface area (Å²) in [6.07, 6.45) is -3.73. The summed E-state index contributed by atoms with van der Waals surface area (Å²) in [5.41, 5.74) is 1.28. The van der Waals surface area contributed by atoms with Crippen molar-refractivity contribution in [2.75, 3.05) is 0 Å². The largest absolute Gasteiger partial charge is 0.573 e. The van der Waals surface area contributed by atoms with E-state index < -0.39 is 12.3 Å². The monoisotopic (exact) mass is 331 g/mol. The number of hydrogen-bond donors (Lipinski definition) is 1. The molecule has 1 heterocycles. The Morgan fingerprint density at radius 1 is 1.27 bits per heavy atom. The highest BCUT2D eigenvalue weighted by molar-refractivity contribution is 6.31. The summed E-state index contributed by atoms with van der Waals surface area (Å²) >= 11 is 5.85. The van der Waals surface area contributed by atoms with Crippen molar-refractivity contribution in [3.8, 4) is 17.0 Å². The van der Waals surface area contributed by atoms with Crippen molar-refractivity contribution in [1.29, 1.82) is 0 Å². The summed E-state index contributed by atoms with van der Waals surface area (Å²) in [4.78, 5) is 14.8. The molecule has 4 nitrogen and oxygen atoms in total. The zero-order valence-electron chi connectivity index (χ0n) is 10.9. The smallest absolute Gasteiger partial charge is 0.481 e. The Labute approximate surface area is 128 Å². The van der Waals surface area contributed by atoms with Crippen molar-refractivity contribution in [2.45, 2.75) is 12.8 Å². The van der Waals surface area contributed by atoms with Crippen LogP contribution in [0, 0.1) is 0 Å². The van der Waals surface area contributed by atoms with E-state index in [1.165, 1.54) is 24.4 Å². The summed E-state index contributed by atoms with van der Waals surface area (Å²) in [6, 6.07) is 6.56. The van der Waals surface area contributed by atoms with Gasteiger partial charge >= 0.3 is 12.3 Å². The van der Waals surface area contributed by atoms with Crippen LogP contribution < -0.4 is 4.74 Å². The molecule has 0 aliphatic carbocycles. The molecule has 2 rings (SSSR count). The lowest BCUT2D eigenvalue weighted by Gasteiger charge is -2.09. The molecule has 0 aliphatic heterocycles. The van der Waals surface area contributed by atoms with Crippen molar-refractivity contribution in [2.24, 2.45) is 0 Å². The summed E-state index contributed by atoms with van der Waals surface area (Å²) in [7, 11) is 0. The molecule has 2 aromatic rings. The lowest BCUT2D eigenvalue weighted by molar-refractivity contribution is -0.274. The molecule has 1 aromatic carbocycles. The van der Waals surface area contributed by atoms with E-state index in [-0.39, 0.29) is 17.2 Å². The Kier molecular flexibility index (Phi) is 4.56. The molecule has 1 N–H and O–H groups in total. The topological polar surface area (TPSA) is 59.4 Å². The number of ether oxygens (including phenoxy) is 1. The van der Waals surface area contributed by atoms with E-state index in [2.05, 4.69) is 9.72 Å². The predicted octanol–water partition coefficient (Wildman–Crippen LogP) is 3.93. The number of benzene rings is 1. The van der Waals surface area contributed by atoms with Gasteiger partial charge < -0.3 is 9.84 Å². The molecule has 0 amide bonds. The van der Waals surface area contributed by atoms with Crippen LogP contribution in [0.25, 0.3) is 11.3 Å². The highest BCUT2D eigenvalue weighted by atomic mass is 35.5. The average molecular weight is 332 g/mol. The number of pyridine rings is 1. The van der Waals surface area contributed by atoms with Gasteiger partial charge in [-0.15, -0.1) is 13.2 Å². The van der Waals surface area contributed by atoms with Crippen LogP contribution in [0.2, 0.25) is 5.02 Å². The van der Waals surface area contributed by atoms with Gasteiger partial charge in [0.05, 0.1) is 17.1 Å². The van der Waals surface area contributed by atoms with Gasteiger partial charge in [0, 0.05) is 11.8 Å². The van der Waals surface area contributed by atoms with E-state index in [0.29, 0.717) is 16.8 Å². The predicted molar refractivity (Wildman–Crippen MR) is 72.7 cm³/mol. The number of aliphatic carboxylic acids is 1. The van der Waals surface area contributed by atoms with Crippen molar-refractivity contribution in [3.63, 3.8) is 0 Å². The Morgan fingerprint density at radius 3 is 2.45 bits per heavy atom. The Hall–Kier alpha value is -2.28. The van der Waals surface area contributed by atoms with Crippen molar-refractivity contribution < 1.29 is 27.8 Å². The van der Waals surface area contributed by atoms with E-state index in [1.54, 1.807) is 0 Å². The number of aromatic nitrogens is 1. The molecule has 0 spiro atoms. The molecule has 8 heteroatoms. The quantitative estimate of drug-likeness (QED) is 0.922. The number of nitrogens with zero attached hydrogens (tertiary/aromatic N) is 1. The molecule has 0 unspecified atom stereocenters. The van der Waals surface area contributed by atoms with Gasteiger partial charge in [0.25, 0.3) is 0 Å². The Balaban J connectivity index is 2.26. The zero-order valence-corrected chi connectivity index (χ0v) is 11.6. The minimum absolute atomic E-state index is 0.211. The summed E-state index contributed by atoms with van der Waals surface area (Å²) < 4.78 is 40.0. The standard InChI is InChI=1S/C14H9ClF3NO3/c15-11-7-19-12(5-9(11)6-13(20)21)8-1-3-10(4-2-8)22-14(16,17)18/h1-5,7H,6H2,(H,20,21). The average Bonchev–Trinajstić information content (AvgIpc) is 2.40. The maximum absolute atomic E-state index is 12.1. The number of alkyl halides is 3. The van der Waals surface area contributed by atoms with Gasteiger partial charge in [-0.2, -0.15) is 0 Å². The van der Waals surface area contributed by atoms with Crippen LogP contribution >= 0.6 is 11.6 Å². The second-order valence-corrected chi connectivity index (χ2v) is 4.71. The van der Waals surface area contributed by atoms with Crippen LogP contribution in [0.15, 0.2) is 36.5 Å². The molecule has 0 saturated carbocycles. The minimum atomic E-state index is -4.76. The summed E-state index contributed by atoms with van der Waals surface area (Å²) in [6.45, 7) is 0. The Bertz CT molecular complexity index is 687. The van der Waals surface area contributed by atoms with Crippen LogP contribution in [-0.2, 0) is 11.2 Å². The fourth-order valence-electron chi connectivity index (χ4n) is 1.76. The zero-order chi connectivity index (χ0) is 16.3. The Morgan fingerprint density at radius 2 is 1.91 bits per heavy atom. The first kappa shape index (κ1) is 16.1. The van der Waals surface area contributed by atoms with Crippen LogP contribution in [0.3, 0.4) is 0 Å². The minimum Gasteiger partial charge on any atom is -0.481 e. The maximum Gasteiger partial charge on any atom is 0.573 e. The third-order valence-corrected chi connectivity index (χ3v) is 3.00. The molecule has 0 radical (unpaired) electrons. The van der Waals surface area contributed by atoms with Crippen LogP contribution in [0.5, 0.6) is 5.75 Å². The molecule has 0 fully saturated rings. The number of carboxylic acids is 1. The second kappa shape index (κ2) is 6.23. The fourth-order valence-corrected chi connectivity index (χ4v) is 1.93. The number of carbonyl (C=O) groups is 1. The first-order valence-electron chi connectivity index (χ1n) is 5.97. The molecule has 1 aromatic heterocycles. The molecule has 0 saturated heterocycles. The maximum atomic E-state index is 12.1. The van der Waals surface area contributed by atoms with Gasteiger partial charge in [0.1, 0.15) is 5.75 Å². The van der Waals surface area contributed by atoms with Crippen molar-refractivity contribution in [3.05, 3.63) is 47.1 Å². The SMILES string of the molecule is O=C(O)Cc1cc(-c2ccc(OC(F)(F)F)cc2)ncc1Cl. The van der Waals surface area contributed by atoms with E-state index >= 15 is 0 Å². The lowest BCUT2D eigenvalue weighted by atomic mass is 10.1. The number of halogens is 4. The third kappa shape index (κ3) is 4.36. The highest BCUT2D eigenvalue weighted by Gasteiger charge is 2.30. The second-order valence-electron chi connectivity index (χ2n) is 4.30. The van der Waals surface area contributed by atoms with E-state index in [1.807, 2.05) is 0 Å². The molecular weight excluding hydrogens is 323 g/mol. The number of rotatable bonds is 4. The molecular formula is C14H9ClF3NO3. The normalized spacial score (nSPS) is 11.3. The first-order valence-corrected chi connectivity index (χ1v) is 6.35. The van der Waals surface area contributed by atoms with Gasteiger partial charge in [-0.05, 0) is 35.9 Å². The molecule has 0 aliphatic rings. The number of carboxylic acid groups (broad SMARTS) is 1. The van der Waals surface area contributed by atoms with Gasteiger partial charge in [-0.25, -0.2) is 0 Å². The van der Waals surface area contributed by atoms with Crippen molar-refractivity contribution >= 4 is 17.6 Å². The number of hydrogen-bond acceptors (Lipinski definition) is 3. The van der Waals surface area contributed by atoms with Crippen LogP contribution in [0.1, 0.15) is 5.56 Å². The van der Waals surface area contributed by atoms with Gasteiger partial charge in [-0.3, -0.25) is 9.78 Å². The molecule has 22 heavy (non-hydrogen) atoms. The summed E-state index contributed by atoms with van der Waals surface area (Å²) in [5.74, 6) is -1.40. The highest BCUT2D eigenvalue weighted by Crippen LogP contribution is 2.27. The van der Waals surface area contributed by atoms with Crippen molar-refractivity contribution in [1.82, 2.24) is 4.98 Å². The lowest BCUT2D eigenvalue weighted by Crippen LogP contribution is -2.16. The molecule has 116 valence electrons. The van der Waals surface area contributed by atoms with E-state index in [0.717, 1.165) is 12.1 Å². The molecule has 0 atom stereocenters. The van der Waals surface area contributed by atoms with Gasteiger partial charge in [0.2, 0.25) is 0 Å². The van der Waals surface area contributed by atoms with Gasteiger partial charge in [-0.1, -0.05) is 11.6 Å². The van der Waals surface area contributed by atoms with Gasteiger partial charge in [0.15, 0.2) is 0 Å². The third-order valence-electron chi connectivity index (χ3n) is 2.66. The van der Waals surface area contributed by atoms with Crippen LogP contribution in [-0.4, -0.2) is 22.4 Å². The summed E-state index contributed by atoms with van der Waals surface area (Å²) in [5, 5.41) is 9.01. The van der Waals surface area contributed by atoms with E-state index in [4.69, 9.17) is 16.7 Å². The van der Waals surface area contributed by atoms with E-state index in [9.17, 15) is 18.0 Å². The fraction of sp³-hybridized carbons (Fsp3) is 0.143. The molecule has 0 bridgehead atoms.